The third kappa shape index (κ3) is 3.89. The normalized spacial score (nSPS) is 11.1. The van der Waals surface area contributed by atoms with Crippen molar-refractivity contribution in [3.05, 3.63) is 57.0 Å². The first-order chi connectivity index (χ1) is 9.47. The van der Waals surface area contributed by atoms with Gasteiger partial charge in [-0.05, 0) is 29.3 Å². The summed E-state index contributed by atoms with van der Waals surface area (Å²) in [7, 11) is 0. The molecule has 0 aliphatic carbocycles. The van der Waals surface area contributed by atoms with Crippen LogP contribution in [0.5, 0.6) is 0 Å². The standard InChI is InChI=1S/C16H16Cl3N/c1-10(2)20-9-12-4-3-11(7-15(12)18)14-6-5-13(17)8-16(14)19/h3-8,10,20H,9H2,1-2H3. The molecule has 0 bridgehead atoms. The minimum Gasteiger partial charge on any atom is -0.310 e. The lowest BCUT2D eigenvalue weighted by molar-refractivity contribution is 0.589. The minimum absolute atomic E-state index is 0.427. The van der Waals surface area contributed by atoms with Gasteiger partial charge in [0.1, 0.15) is 0 Å². The summed E-state index contributed by atoms with van der Waals surface area (Å²) in [5.74, 6) is 0. The largest absolute Gasteiger partial charge is 0.310 e. The maximum atomic E-state index is 6.34. The highest BCUT2D eigenvalue weighted by molar-refractivity contribution is 6.36. The van der Waals surface area contributed by atoms with Gasteiger partial charge in [0.2, 0.25) is 0 Å². The molecule has 2 aromatic rings. The monoisotopic (exact) mass is 327 g/mol. The molecule has 0 radical (unpaired) electrons. The first-order valence-corrected chi connectivity index (χ1v) is 7.58. The van der Waals surface area contributed by atoms with Crippen LogP contribution in [0.4, 0.5) is 0 Å². The molecule has 2 rings (SSSR count). The molecular formula is C16H16Cl3N. The molecule has 0 aromatic heterocycles. The molecule has 1 N–H and O–H groups in total. The zero-order valence-corrected chi connectivity index (χ0v) is 13.7. The van der Waals surface area contributed by atoms with Crippen LogP contribution in [0, 0.1) is 0 Å². The molecule has 0 unspecified atom stereocenters. The van der Waals surface area contributed by atoms with Crippen LogP contribution in [0.3, 0.4) is 0 Å². The van der Waals surface area contributed by atoms with E-state index in [1.54, 1.807) is 6.07 Å². The van der Waals surface area contributed by atoms with E-state index in [0.717, 1.165) is 28.3 Å². The van der Waals surface area contributed by atoms with Gasteiger partial charge in [0, 0.05) is 33.2 Å². The Kier molecular flexibility index (Phi) is 5.34. The van der Waals surface area contributed by atoms with Crippen molar-refractivity contribution in [2.45, 2.75) is 26.4 Å². The number of hydrogen-bond donors (Lipinski definition) is 1. The highest BCUT2D eigenvalue weighted by Crippen LogP contribution is 2.32. The Labute approximate surface area is 134 Å². The van der Waals surface area contributed by atoms with Gasteiger partial charge in [-0.3, -0.25) is 0 Å². The molecule has 0 fully saturated rings. The first-order valence-electron chi connectivity index (χ1n) is 6.44. The average Bonchev–Trinajstić information content (AvgIpc) is 2.37. The van der Waals surface area contributed by atoms with Gasteiger partial charge in [-0.2, -0.15) is 0 Å². The van der Waals surface area contributed by atoms with Crippen LogP contribution >= 0.6 is 34.8 Å². The summed E-state index contributed by atoms with van der Waals surface area (Å²) >= 11 is 18.5. The topological polar surface area (TPSA) is 12.0 Å². The fraction of sp³-hybridized carbons (Fsp3) is 0.250. The number of nitrogens with one attached hydrogen (secondary N) is 1. The van der Waals surface area contributed by atoms with Gasteiger partial charge < -0.3 is 5.32 Å². The quantitative estimate of drug-likeness (QED) is 0.746. The van der Waals surface area contributed by atoms with Crippen LogP contribution in [0.1, 0.15) is 19.4 Å². The lowest BCUT2D eigenvalue weighted by Gasteiger charge is -2.11. The molecule has 0 atom stereocenters. The summed E-state index contributed by atoms with van der Waals surface area (Å²) in [6.07, 6.45) is 0. The second-order valence-corrected chi connectivity index (χ2v) is 6.22. The summed E-state index contributed by atoms with van der Waals surface area (Å²) < 4.78 is 0. The highest BCUT2D eigenvalue weighted by Gasteiger charge is 2.08. The van der Waals surface area contributed by atoms with Gasteiger partial charge in [0.15, 0.2) is 0 Å². The Bertz CT molecular complexity index is 609. The van der Waals surface area contributed by atoms with E-state index in [2.05, 4.69) is 19.2 Å². The molecule has 1 nitrogen and oxygen atoms in total. The van der Waals surface area contributed by atoms with Crippen LogP contribution in [-0.4, -0.2) is 6.04 Å². The van der Waals surface area contributed by atoms with Crippen LogP contribution in [-0.2, 0) is 6.54 Å². The van der Waals surface area contributed by atoms with E-state index in [1.807, 2.05) is 30.3 Å². The number of rotatable bonds is 4. The highest BCUT2D eigenvalue weighted by atomic mass is 35.5. The molecule has 0 amide bonds. The molecule has 0 heterocycles. The predicted molar refractivity (Wildman–Crippen MR) is 88.9 cm³/mol. The minimum atomic E-state index is 0.427. The number of benzene rings is 2. The second-order valence-electron chi connectivity index (χ2n) is 4.97. The average molecular weight is 329 g/mol. The summed E-state index contributed by atoms with van der Waals surface area (Å²) in [5.41, 5.74) is 3.00. The molecule has 0 saturated carbocycles. The van der Waals surface area contributed by atoms with E-state index in [4.69, 9.17) is 34.8 Å². The van der Waals surface area contributed by atoms with E-state index in [9.17, 15) is 0 Å². The SMILES string of the molecule is CC(C)NCc1ccc(-c2ccc(Cl)cc2Cl)cc1Cl. The van der Waals surface area contributed by atoms with Crippen molar-refractivity contribution in [3.63, 3.8) is 0 Å². The van der Waals surface area contributed by atoms with Crippen molar-refractivity contribution in [1.82, 2.24) is 5.32 Å². The Morgan fingerprint density at radius 3 is 2.30 bits per heavy atom. The molecule has 2 aromatic carbocycles. The maximum Gasteiger partial charge on any atom is 0.0499 e. The van der Waals surface area contributed by atoms with E-state index < -0.39 is 0 Å². The van der Waals surface area contributed by atoms with Crippen molar-refractivity contribution in [2.75, 3.05) is 0 Å². The lowest BCUT2D eigenvalue weighted by atomic mass is 10.0. The third-order valence-corrected chi connectivity index (χ3v) is 3.90. The van der Waals surface area contributed by atoms with E-state index in [-0.39, 0.29) is 0 Å². The summed E-state index contributed by atoms with van der Waals surface area (Å²) in [6, 6.07) is 11.9. The molecule has 20 heavy (non-hydrogen) atoms. The van der Waals surface area contributed by atoms with Crippen molar-refractivity contribution in [3.8, 4) is 11.1 Å². The lowest BCUT2D eigenvalue weighted by Crippen LogP contribution is -2.21. The summed E-state index contributed by atoms with van der Waals surface area (Å²) in [6.45, 7) is 4.97. The van der Waals surface area contributed by atoms with Crippen molar-refractivity contribution >= 4 is 34.8 Å². The Morgan fingerprint density at radius 1 is 0.950 bits per heavy atom. The molecule has 0 saturated heterocycles. The smallest absolute Gasteiger partial charge is 0.0499 e. The van der Waals surface area contributed by atoms with Gasteiger partial charge in [0.25, 0.3) is 0 Å². The zero-order chi connectivity index (χ0) is 14.7. The van der Waals surface area contributed by atoms with E-state index >= 15 is 0 Å². The van der Waals surface area contributed by atoms with Gasteiger partial charge in [0.05, 0.1) is 0 Å². The Hall–Kier alpha value is -0.730. The van der Waals surface area contributed by atoms with Crippen LogP contribution < -0.4 is 5.32 Å². The molecule has 0 aliphatic rings. The molecular weight excluding hydrogens is 313 g/mol. The number of halogens is 3. The van der Waals surface area contributed by atoms with Crippen molar-refractivity contribution in [1.29, 1.82) is 0 Å². The van der Waals surface area contributed by atoms with Crippen LogP contribution in [0.25, 0.3) is 11.1 Å². The predicted octanol–water partition coefficient (Wildman–Crippen LogP) is 5.81. The van der Waals surface area contributed by atoms with Crippen molar-refractivity contribution < 1.29 is 0 Å². The summed E-state index contributed by atoms with van der Waals surface area (Å²) in [4.78, 5) is 0. The zero-order valence-electron chi connectivity index (χ0n) is 11.4. The van der Waals surface area contributed by atoms with E-state index in [0.29, 0.717) is 16.1 Å². The molecule has 4 heteroatoms. The summed E-state index contributed by atoms with van der Waals surface area (Å²) in [5, 5.41) is 5.34. The number of hydrogen-bond acceptors (Lipinski definition) is 1. The van der Waals surface area contributed by atoms with Crippen LogP contribution in [0.15, 0.2) is 36.4 Å². The van der Waals surface area contributed by atoms with Gasteiger partial charge in [-0.25, -0.2) is 0 Å². The molecule has 0 aliphatic heterocycles. The fourth-order valence-electron chi connectivity index (χ4n) is 1.90. The van der Waals surface area contributed by atoms with Crippen LogP contribution in [0.2, 0.25) is 15.1 Å². The first kappa shape index (κ1) is 15.7. The maximum absolute atomic E-state index is 6.34. The molecule has 106 valence electrons. The van der Waals surface area contributed by atoms with Gasteiger partial charge in [-0.15, -0.1) is 0 Å². The van der Waals surface area contributed by atoms with Gasteiger partial charge >= 0.3 is 0 Å². The van der Waals surface area contributed by atoms with E-state index in [1.165, 1.54) is 0 Å². The Morgan fingerprint density at radius 2 is 1.70 bits per heavy atom. The molecule has 0 spiro atoms. The van der Waals surface area contributed by atoms with Gasteiger partial charge in [-0.1, -0.05) is 66.8 Å². The third-order valence-electron chi connectivity index (χ3n) is 3.00. The Balaban J connectivity index is 2.28. The fourth-order valence-corrected chi connectivity index (χ4v) is 2.66. The van der Waals surface area contributed by atoms with Crippen molar-refractivity contribution in [2.24, 2.45) is 0 Å². The second kappa shape index (κ2) is 6.82.